The molecule has 4 nitrogen and oxygen atoms in total. The number of carbonyl (C=O) groups is 1. The standard InChI is InChI=1S/C28H23Cl2N3O/c1-33-15-32-14-27(33)28(31)25-6-5-21(30)10-19(25)8-18-7-17-11-22(34)12-23(24(17)13-26(18)28)16-3-2-4-20(29)9-16/h2-7,9-10,12-13,15,27H,8,11,14,31H2,1H3. The van der Waals surface area contributed by atoms with Gasteiger partial charge in [0, 0.05) is 23.5 Å². The fraction of sp³-hybridized carbons (Fsp3) is 0.214. The van der Waals surface area contributed by atoms with E-state index >= 15 is 0 Å². The number of hydrogen-bond acceptors (Lipinski definition) is 4. The number of hydrogen-bond donors (Lipinski definition) is 1. The van der Waals surface area contributed by atoms with Crippen molar-refractivity contribution in [1.82, 2.24) is 4.90 Å². The van der Waals surface area contributed by atoms with Crippen LogP contribution >= 0.6 is 23.2 Å². The number of fused-ring (bicyclic) bond motifs is 3. The lowest BCUT2D eigenvalue weighted by atomic mass is 9.67. The highest BCUT2D eigenvalue weighted by molar-refractivity contribution is 6.31. The quantitative estimate of drug-likeness (QED) is 0.553. The maximum Gasteiger partial charge on any atom is 0.160 e. The molecule has 0 radical (unpaired) electrons. The third-order valence-electron chi connectivity index (χ3n) is 7.32. The number of rotatable bonds is 2. The number of carbonyl (C=O) groups excluding carboxylic acids is 1. The summed E-state index contributed by atoms with van der Waals surface area (Å²) in [6.07, 6.45) is 4.69. The monoisotopic (exact) mass is 487 g/mol. The maximum atomic E-state index is 12.7. The molecule has 3 aliphatic rings. The van der Waals surface area contributed by atoms with Crippen LogP contribution in [0, 0.1) is 0 Å². The Labute approximate surface area is 208 Å². The zero-order chi connectivity index (χ0) is 23.6. The highest BCUT2D eigenvalue weighted by atomic mass is 35.5. The van der Waals surface area contributed by atoms with Crippen molar-refractivity contribution in [2.45, 2.75) is 24.4 Å². The van der Waals surface area contributed by atoms with E-state index in [2.05, 4.69) is 28.1 Å². The largest absolute Gasteiger partial charge is 0.359 e. The predicted molar refractivity (Wildman–Crippen MR) is 138 cm³/mol. The lowest BCUT2D eigenvalue weighted by Gasteiger charge is -2.45. The molecule has 3 aromatic carbocycles. The van der Waals surface area contributed by atoms with Crippen LogP contribution in [-0.4, -0.2) is 36.7 Å². The minimum absolute atomic E-state index is 0.0339. The third-order valence-corrected chi connectivity index (χ3v) is 7.79. The first-order chi connectivity index (χ1) is 16.3. The van der Waals surface area contributed by atoms with Gasteiger partial charge in [-0.25, -0.2) is 0 Å². The van der Waals surface area contributed by atoms with E-state index in [0.717, 1.165) is 50.9 Å². The summed E-state index contributed by atoms with van der Waals surface area (Å²) in [5, 5.41) is 1.33. The molecule has 0 amide bonds. The van der Waals surface area contributed by atoms with Crippen LogP contribution < -0.4 is 5.73 Å². The van der Waals surface area contributed by atoms with Gasteiger partial charge < -0.3 is 10.6 Å². The van der Waals surface area contributed by atoms with Crippen LogP contribution in [0.25, 0.3) is 5.57 Å². The molecule has 0 saturated heterocycles. The fourth-order valence-electron chi connectivity index (χ4n) is 5.77. The Bertz CT molecular complexity index is 1430. The summed E-state index contributed by atoms with van der Waals surface area (Å²) in [5.41, 5.74) is 14.9. The number of halogens is 2. The highest BCUT2D eigenvalue weighted by Crippen LogP contribution is 2.46. The molecular weight excluding hydrogens is 465 g/mol. The Morgan fingerprint density at radius 1 is 0.971 bits per heavy atom. The molecule has 2 aliphatic carbocycles. The molecule has 2 N–H and O–H groups in total. The van der Waals surface area contributed by atoms with Crippen molar-refractivity contribution in [2.24, 2.45) is 10.7 Å². The van der Waals surface area contributed by atoms with Crippen molar-refractivity contribution in [3.8, 4) is 0 Å². The second kappa shape index (κ2) is 7.81. The first-order valence-electron chi connectivity index (χ1n) is 11.3. The summed E-state index contributed by atoms with van der Waals surface area (Å²) >= 11 is 12.7. The Kier molecular flexibility index (Phi) is 4.96. The molecule has 1 heterocycles. The zero-order valence-corrected chi connectivity index (χ0v) is 20.2. The van der Waals surface area contributed by atoms with E-state index in [9.17, 15) is 4.79 Å². The number of benzene rings is 3. The number of likely N-dealkylation sites (N-methyl/N-ethyl adjacent to an activating group) is 1. The van der Waals surface area contributed by atoms with Crippen LogP contribution in [-0.2, 0) is 23.2 Å². The van der Waals surface area contributed by atoms with Gasteiger partial charge in [0.05, 0.1) is 24.5 Å². The van der Waals surface area contributed by atoms with Crippen LogP contribution in [0.5, 0.6) is 0 Å². The second-order valence-electron chi connectivity index (χ2n) is 9.39. The Hall–Kier alpha value is -2.92. The van der Waals surface area contributed by atoms with E-state index in [4.69, 9.17) is 28.9 Å². The van der Waals surface area contributed by atoms with Gasteiger partial charge in [0.1, 0.15) is 0 Å². The van der Waals surface area contributed by atoms with Gasteiger partial charge in [0.15, 0.2) is 5.78 Å². The summed E-state index contributed by atoms with van der Waals surface area (Å²) in [7, 11) is 2.02. The van der Waals surface area contributed by atoms with Crippen LogP contribution in [0.3, 0.4) is 0 Å². The first-order valence-corrected chi connectivity index (χ1v) is 12.1. The minimum atomic E-state index is -0.783. The van der Waals surface area contributed by atoms with E-state index in [1.165, 1.54) is 0 Å². The SMILES string of the molecule is CN1C=NCC1C1(N)c2ccc(Cl)cc2Cc2cc3c(cc21)C(c1cccc(Cl)c1)=CC(=O)C3. The first kappa shape index (κ1) is 21.6. The van der Waals surface area contributed by atoms with E-state index in [1.54, 1.807) is 6.08 Å². The van der Waals surface area contributed by atoms with Crippen LogP contribution in [0.1, 0.15) is 38.9 Å². The second-order valence-corrected chi connectivity index (χ2v) is 10.3. The third kappa shape index (κ3) is 3.24. The average molecular weight is 488 g/mol. The lowest BCUT2D eigenvalue weighted by Crippen LogP contribution is -2.57. The summed E-state index contributed by atoms with van der Waals surface area (Å²) in [6, 6.07) is 18.0. The Balaban J connectivity index is 1.59. The molecule has 3 aromatic rings. The molecule has 2 unspecified atom stereocenters. The molecule has 6 heteroatoms. The van der Waals surface area contributed by atoms with Crippen molar-refractivity contribution in [1.29, 1.82) is 0 Å². The smallest absolute Gasteiger partial charge is 0.160 e. The average Bonchev–Trinajstić information content (AvgIpc) is 3.24. The van der Waals surface area contributed by atoms with Crippen LogP contribution in [0.2, 0.25) is 10.0 Å². The zero-order valence-electron chi connectivity index (χ0n) is 18.7. The summed E-state index contributed by atoms with van der Waals surface area (Å²) in [5.74, 6) is 0.0876. The number of allylic oxidation sites excluding steroid dienone is 1. The van der Waals surface area contributed by atoms with Gasteiger partial charge in [-0.3, -0.25) is 9.79 Å². The molecule has 170 valence electrons. The predicted octanol–water partition coefficient (Wildman–Crippen LogP) is 5.00. The molecule has 6 rings (SSSR count). The van der Waals surface area contributed by atoms with E-state index in [-0.39, 0.29) is 11.8 Å². The van der Waals surface area contributed by atoms with E-state index in [0.29, 0.717) is 23.0 Å². The van der Waals surface area contributed by atoms with Crippen molar-refractivity contribution in [3.63, 3.8) is 0 Å². The fourth-order valence-corrected chi connectivity index (χ4v) is 6.15. The van der Waals surface area contributed by atoms with Crippen molar-refractivity contribution < 1.29 is 4.79 Å². The number of nitrogens with two attached hydrogens (primary N) is 1. The molecule has 2 atom stereocenters. The lowest BCUT2D eigenvalue weighted by molar-refractivity contribution is -0.114. The summed E-state index contributed by atoms with van der Waals surface area (Å²) < 4.78 is 0. The van der Waals surface area contributed by atoms with Crippen molar-refractivity contribution in [3.05, 3.63) is 110 Å². The summed E-state index contributed by atoms with van der Waals surface area (Å²) in [4.78, 5) is 19.3. The summed E-state index contributed by atoms with van der Waals surface area (Å²) in [6.45, 7) is 0.612. The van der Waals surface area contributed by atoms with Gasteiger partial charge in [0.2, 0.25) is 0 Å². The normalized spacial score (nSPS) is 22.8. The van der Waals surface area contributed by atoms with Crippen LogP contribution in [0.4, 0.5) is 0 Å². The van der Waals surface area contributed by atoms with E-state index in [1.807, 2.05) is 49.8 Å². The number of nitrogens with zero attached hydrogens (tertiary/aromatic N) is 2. The molecule has 0 aromatic heterocycles. The topological polar surface area (TPSA) is 58.7 Å². The van der Waals surface area contributed by atoms with Crippen molar-refractivity contribution in [2.75, 3.05) is 13.6 Å². The number of aliphatic imine (C=N–C) groups is 1. The Morgan fingerprint density at radius 2 is 1.76 bits per heavy atom. The van der Waals surface area contributed by atoms with E-state index < -0.39 is 5.54 Å². The van der Waals surface area contributed by atoms with Gasteiger partial charge >= 0.3 is 0 Å². The van der Waals surface area contributed by atoms with Gasteiger partial charge in [-0.2, -0.15) is 0 Å². The molecule has 34 heavy (non-hydrogen) atoms. The van der Waals surface area contributed by atoms with Gasteiger partial charge in [-0.15, -0.1) is 0 Å². The molecular formula is C28H23Cl2N3O. The molecule has 0 fully saturated rings. The van der Waals surface area contributed by atoms with Gasteiger partial charge in [-0.1, -0.05) is 47.5 Å². The van der Waals surface area contributed by atoms with Gasteiger partial charge in [0.25, 0.3) is 0 Å². The van der Waals surface area contributed by atoms with Crippen LogP contribution in [0.15, 0.2) is 65.7 Å². The molecule has 0 saturated carbocycles. The Morgan fingerprint density at radius 3 is 2.53 bits per heavy atom. The molecule has 0 bridgehead atoms. The molecule has 0 spiro atoms. The highest BCUT2D eigenvalue weighted by Gasteiger charge is 2.47. The van der Waals surface area contributed by atoms with Crippen molar-refractivity contribution >= 4 is 40.9 Å². The number of ketones is 1. The maximum absolute atomic E-state index is 12.7. The minimum Gasteiger partial charge on any atom is -0.359 e. The van der Waals surface area contributed by atoms with Gasteiger partial charge in [-0.05, 0) is 87.3 Å². The molecule has 1 aliphatic heterocycles.